The molecule has 0 aromatic carbocycles. The van der Waals surface area contributed by atoms with E-state index >= 15 is 0 Å². The molecule has 0 rings (SSSR count). The monoisotopic (exact) mass is 933 g/mol. The van der Waals surface area contributed by atoms with E-state index in [2.05, 4.69) is 106 Å². The number of hydrogen-bond donors (Lipinski definition) is 0. The summed E-state index contributed by atoms with van der Waals surface area (Å²) < 4.78 is 16.8. The van der Waals surface area contributed by atoms with Crippen molar-refractivity contribution >= 4 is 17.9 Å². The van der Waals surface area contributed by atoms with Gasteiger partial charge in [-0.15, -0.1) is 0 Å². The van der Waals surface area contributed by atoms with E-state index in [9.17, 15) is 14.4 Å². The summed E-state index contributed by atoms with van der Waals surface area (Å²) in [4.78, 5) is 38.1. The van der Waals surface area contributed by atoms with E-state index < -0.39 is 6.10 Å². The molecule has 6 heteroatoms. The zero-order valence-corrected chi connectivity index (χ0v) is 43.9. The SMILES string of the molecule is CC/C=C\C/C=C\C/C=C\C/C=C\CCCCCCCCC(=O)OCC(COC(=O)CCCCCCCCCCCCCCCC)OC(=O)CCCCCCCC/C=C\C/C=C\C/C=C\CC. The highest BCUT2D eigenvalue weighted by atomic mass is 16.6. The van der Waals surface area contributed by atoms with Gasteiger partial charge in [-0.3, -0.25) is 14.4 Å². The second kappa shape index (κ2) is 55.2. The molecule has 0 amide bonds. The summed E-state index contributed by atoms with van der Waals surface area (Å²) in [6.07, 6.45) is 71.4. The van der Waals surface area contributed by atoms with Crippen molar-refractivity contribution in [3.63, 3.8) is 0 Å². The fourth-order valence-corrected chi connectivity index (χ4v) is 7.74. The van der Waals surface area contributed by atoms with Crippen LogP contribution >= 0.6 is 0 Å². The lowest BCUT2D eigenvalue weighted by atomic mass is 10.0. The standard InChI is InChI=1S/C61H104O6/c1-4-7-10-13-16-19-22-25-28-30-31-32-34-36-39-42-45-48-51-54-60(63)66-57-58(56-65-59(62)53-50-47-44-41-38-35-27-24-21-18-15-12-9-6-3)67-61(64)55-52-49-46-43-40-37-33-29-26-23-20-17-14-11-8-5-2/h7-8,10-11,16-17,19-20,25-26,28-29,31-32,58H,4-6,9,12-15,18,21-24,27,30,33-57H2,1-3H3/b10-7-,11-8-,19-16-,20-17-,28-25-,29-26-,32-31-. The third kappa shape index (κ3) is 53.4. The first-order valence-corrected chi connectivity index (χ1v) is 28.1. The number of carbonyl (C=O) groups excluding carboxylic acids is 3. The van der Waals surface area contributed by atoms with E-state index in [1.165, 1.54) is 103 Å². The summed E-state index contributed by atoms with van der Waals surface area (Å²) in [5, 5.41) is 0. The van der Waals surface area contributed by atoms with Gasteiger partial charge in [-0.1, -0.05) is 241 Å². The lowest BCUT2D eigenvalue weighted by Gasteiger charge is -2.18. The Balaban J connectivity index is 4.42. The van der Waals surface area contributed by atoms with Gasteiger partial charge in [0.25, 0.3) is 0 Å². The van der Waals surface area contributed by atoms with Gasteiger partial charge >= 0.3 is 17.9 Å². The van der Waals surface area contributed by atoms with Gasteiger partial charge in [0.2, 0.25) is 0 Å². The van der Waals surface area contributed by atoms with E-state index in [4.69, 9.17) is 14.2 Å². The summed E-state index contributed by atoms with van der Waals surface area (Å²) in [5.74, 6) is -0.906. The normalized spacial score (nSPS) is 12.7. The summed E-state index contributed by atoms with van der Waals surface area (Å²) in [5.41, 5.74) is 0. The predicted molar refractivity (Wildman–Crippen MR) is 288 cm³/mol. The molecule has 0 N–H and O–H groups in total. The third-order valence-electron chi connectivity index (χ3n) is 11.9. The van der Waals surface area contributed by atoms with Crippen molar-refractivity contribution < 1.29 is 28.6 Å². The van der Waals surface area contributed by atoms with Crippen LogP contribution in [0.25, 0.3) is 0 Å². The molecule has 0 aliphatic carbocycles. The molecular weight excluding hydrogens is 829 g/mol. The lowest BCUT2D eigenvalue weighted by Crippen LogP contribution is -2.30. The Hall–Kier alpha value is -3.41. The lowest BCUT2D eigenvalue weighted by molar-refractivity contribution is -0.167. The average molecular weight is 933 g/mol. The van der Waals surface area contributed by atoms with Crippen LogP contribution in [-0.2, 0) is 28.6 Å². The van der Waals surface area contributed by atoms with Gasteiger partial charge in [-0.25, -0.2) is 0 Å². The second-order valence-electron chi connectivity index (χ2n) is 18.4. The summed E-state index contributed by atoms with van der Waals surface area (Å²) >= 11 is 0. The molecule has 1 atom stereocenters. The molecule has 1 unspecified atom stereocenters. The summed E-state index contributed by atoms with van der Waals surface area (Å²) in [6, 6.07) is 0. The van der Waals surface area contributed by atoms with E-state index in [-0.39, 0.29) is 31.1 Å². The molecule has 0 fully saturated rings. The van der Waals surface area contributed by atoms with Crippen LogP contribution in [-0.4, -0.2) is 37.2 Å². The number of esters is 3. The molecule has 0 spiro atoms. The van der Waals surface area contributed by atoms with Gasteiger partial charge in [-0.2, -0.15) is 0 Å². The molecule has 6 nitrogen and oxygen atoms in total. The van der Waals surface area contributed by atoms with Crippen molar-refractivity contribution in [1.82, 2.24) is 0 Å². The van der Waals surface area contributed by atoms with E-state index in [0.717, 1.165) is 122 Å². The Labute approximate surface area is 414 Å². The molecule has 0 saturated heterocycles. The fourth-order valence-electron chi connectivity index (χ4n) is 7.74. The molecule has 384 valence electrons. The van der Waals surface area contributed by atoms with Crippen LogP contribution in [0, 0.1) is 0 Å². The van der Waals surface area contributed by atoms with Crippen molar-refractivity contribution in [3.05, 3.63) is 85.1 Å². The smallest absolute Gasteiger partial charge is 0.306 e. The van der Waals surface area contributed by atoms with Gasteiger partial charge in [0, 0.05) is 19.3 Å². The maximum absolute atomic E-state index is 12.8. The van der Waals surface area contributed by atoms with E-state index in [1.54, 1.807) is 0 Å². The number of ether oxygens (including phenoxy) is 3. The number of hydrogen-bond acceptors (Lipinski definition) is 6. The molecule has 0 saturated carbocycles. The van der Waals surface area contributed by atoms with Gasteiger partial charge in [0.05, 0.1) is 0 Å². The van der Waals surface area contributed by atoms with Crippen molar-refractivity contribution in [1.29, 1.82) is 0 Å². The molecule has 0 aliphatic heterocycles. The van der Waals surface area contributed by atoms with Crippen LogP contribution in [0.5, 0.6) is 0 Å². The Morgan fingerprint density at radius 1 is 0.313 bits per heavy atom. The zero-order chi connectivity index (χ0) is 48.6. The quantitative estimate of drug-likeness (QED) is 0.0262. The Morgan fingerprint density at radius 2 is 0.582 bits per heavy atom. The first kappa shape index (κ1) is 63.6. The number of rotatable bonds is 50. The first-order valence-electron chi connectivity index (χ1n) is 28.1. The Kier molecular flexibility index (Phi) is 52.4. The Bertz CT molecular complexity index is 1300. The highest BCUT2D eigenvalue weighted by Crippen LogP contribution is 2.15. The molecule has 0 aromatic rings. The summed E-state index contributed by atoms with van der Waals surface area (Å²) in [7, 11) is 0. The molecule has 0 radical (unpaired) electrons. The van der Waals surface area contributed by atoms with Gasteiger partial charge in [-0.05, 0) is 89.9 Å². The topological polar surface area (TPSA) is 78.9 Å². The van der Waals surface area contributed by atoms with Crippen LogP contribution < -0.4 is 0 Å². The maximum atomic E-state index is 12.8. The molecule has 67 heavy (non-hydrogen) atoms. The minimum Gasteiger partial charge on any atom is -0.462 e. The number of carbonyl (C=O) groups is 3. The van der Waals surface area contributed by atoms with E-state index in [0.29, 0.717) is 19.3 Å². The molecule has 0 heterocycles. The zero-order valence-electron chi connectivity index (χ0n) is 43.9. The van der Waals surface area contributed by atoms with Crippen LogP contribution in [0.3, 0.4) is 0 Å². The first-order chi connectivity index (χ1) is 33.0. The highest BCUT2D eigenvalue weighted by molar-refractivity contribution is 5.71. The largest absolute Gasteiger partial charge is 0.462 e. The third-order valence-corrected chi connectivity index (χ3v) is 11.9. The number of unbranched alkanes of at least 4 members (excludes halogenated alkanes) is 25. The molecule has 0 aliphatic rings. The van der Waals surface area contributed by atoms with Crippen LogP contribution in [0.2, 0.25) is 0 Å². The van der Waals surface area contributed by atoms with Crippen molar-refractivity contribution in [2.24, 2.45) is 0 Å². The van der Waals surface area contributed by atoms with Crippen LogP contribution in [0.1, 0.15) is 265 Å². The minimum absolute atomic E-state index is 0.0849. The van der Waals surface area contributed by atoms with Crippen LogP contribution in [0.4, 0.5) is 0 Å². The predicted octanol–water partition coefficient (Wildman–Crippen LogP) is 18.8. The van der Waals surface area contributed by atoms with Crippen LogP contribution in [0.15, 0.2) is 85.1 Å². The average Bonchev–Trinajstić information content (AvgIpc) is 3.33. The summed E-state index contributed by atoms with van der Waals surface area (Å²) in [6.45, 7) is 6.41. The Morgan fingerprint density at radius 3 is 0.910 bits per heavy atom. The van der Waals surface area contributed by atoms with Gasteiger partial charge in [0.15, 0.2) is 6.10 Å². The molecular formula is C61H104O6. The van der Waals surface area contributed by atoms with Crippen molar-refractivity contribution in [2.45, 2.75) is 271 Å². The fraction of sp³-hybridized carbons (Fsp3) is 0.721. The van der Waals surface area contributed by atoms with E-state index in [1.807, 2.05) is 0 Å². The molecule has 0 aromatic heterocycles. The maximum Gasteiger partial charge on any atom is 0.306 e. The van der Waals surface area contributed by atoms with Gasteiger partial charge in [0.1, 0.15) is 13.2 Å². The molecule has 0 bridgehead atoms. The number of allylic oxidation sites excluding steroid dienone is 14. The minimum atomic E-state index is -0.789. The second-order valence-corrected chi connectivity index (χ2v) is 18.4. The van der Waals surface area contributed by atoms with Crippen molar-refractivity contribution in [3.8, 4) is 0 Å². The van der Waals surface area contributed by atoms with Crippen molar-refractivity contribution in [2.75, 3.05) is 13.2 Å². The highest BCUT2D eigenvalue weighted by Gasteiger charge is 2.19. The van der Waals surface area contributed by atoms with Gasteiger partial charge < -0.3 is 14.2 Å².